The van der Waals surface area contributed by atoms with E-state index in [4.69, 9.17) is 4.74 Å². The highest BCUT2D eigenvalue weighted by Gasteiger charge is 2.17. The van der Waals surface area contributed by atoms with Gasteiger partial charge >= 0.3 is 6.09 Å². The maximum absolute atomic E-state index is 13.2. The summed E-state index contributed by atoms with van der Waals surface area (Å²) in [5.74, 6) is 0.558. The monoisotopic (exact) mass is 268 g/mol. The first-order chi connectivity index (χ1) is 8.70. The average molecular weight is 268 g/mol. The number of benzene rings is 1. The van der Waals surface area contributed by atoms with E-state index in [0.29, 0.717) is 12.1 Å². The van der Waals surface area contributed by atoms with Gasteiger partial charge in [0.15, 0.2) is 0 Å². The predicted octanol–water partition coefficient (Wildman–Crippen LogP) is 2.77. The van der Waals surface area contributed by atoms with Crippen LogP contribution in [0, 0.1) is 5.82 Å². The molecule has 0 saturated carbocycles. The molecular weight excluding hydrogens is 255 g/mol. The molecule has 96 valence electrons. The highest BCUT2D eigenvalue weighted by atomic mass is 32.2. The van der Waals surface area contributed by atoms with E-state index in [0.717, 1.165) is 16.2 Å². The summed E-state index contributed by atoms with van der Waals surface area (Å²) >= 11 is 1.65. The van der Waals surface area contributed by atoms with Gasteiger partial charge in [-0.2, -0.15) is 5.10 Å². The van der Waals surface area contributed by atoms with Crippen molar-refractivity contribution in [3.63, 3.8) is 0 Å². The minimum absolute atomic E-state index is 0.289. The third-order valence-electron chi connectivity index (χ3n) is 2.41. The Kier molecular flexibility index (Phi) is 4.19. The van der Waals surface area contributed by atoms with Gasteiger partial charge in [0.25, 0.3) is 0 Å². The molecule has 0 bridgehead atoms. The van der Waals surface area contributed by atoms with Gasteiger partial charge in [0.1, 0.15) is 5.82 Å². The van der Waals surface area contributed by atoms with Gasteiger partial charge in [-0.1, -0.05) is 0 Å². The molecule has 0 unspecified atom stereocenters. The second kappa shape index (κ2) is 5.86. The smallest absolute Gasteiger partial charge is 0.427 e. The van der Waals surface area contributed by atoms with Crippen LogP contribution in [0.1, 0.15) is 18.9 Å². The van der Waals surface area contributed by atoms with Gasteiger partial charge in [-0.3, -0.25) is 0 Å². The number of hydrogen-bond donors (Lipinski definition) is 1. The van der Waals surface area contributed by atoms with E-state index in [2.05, 4.69) is 10.5 Å². The first-order valence-corrected chi connectivity index (χ1v) is 6.61. The molecule has 18 heavy (non-hydrogen) atoms. The van der Waals surface area contributed by atoms with Gasteiger partial charge in [-0.25, -0.2) is 14.6 Å². The van der Waals surface area contributed by atoms with E-state index < -0.39 is 6.09 Å². The van der Waals surface area contributed by atoms with E-state index in [1.807, 2.05) is 0 Å². The highest BCUT2D eigenvalue weighted by molar-refractivity contribution is 7.99. The van der Waals surface area contributed by atoms with Crippen LogP contribution >= 0.6 is 11.8 Å². The van der Waals surface area contributed by atoms with E-state index in [-0.39, 0.29) is 12.4 Å². The van der Waals surface area contributed by atoms with Crippen molar-refractivity contribution in [3.05, 3.63) is 29.6 Å². The maximum Gasteiger partial charge on any atom is 0.427 e. The van der Waals surface area contributed by atoms with Gasteiger partial charge in [0.2, 0.25) is 0 Å². The van der Waals surface area contributed by atoms with E-state index >= 15 is 0 Å². The molecule has 0 radical (unpaired) electrons. The van der Waals surface area contributed by atoms with Crippen molar-refractivity contribution in [3.8, 4) is 0 Å². The number of carbonyl (C=O) groups excluding carboxylic acids is 1. The number of thioether (sulfide) groups is 1. The molecule has 0 spiro atoms. The number of nitrogens with zero attached hydrogens (tertiary/aromatic N) is 1. The van der Waals surface area contributed by atoms with Crippen LogP contribution in [0.2, 0.25) is 0 Å². The number of fused-ring (bicyclic) bond motifs is 1. The Hall–Kier alpha value is -1.56. The molecule has 0 fully saturated rings. The lowest BCUT2D eigenvalue weighted by molar-refractivity contribution is 0.152. The van der Waals surface area contributed by atoms with Gasteiger partial charge in [-0.05, 0) is 25.1 Å². The zero-order chi connectivity index (χ0) is 13.0. The SMILES string of the molecule is CCOC(=O)N/N=C1/CCSc2ccc(F)cc21. The van der Waals surface area contributed by atoms with Crippen LogP contribution < -0.4 is 5.43 Å². The Morgan fingerprint density at radius 1 is 1.61 bits per heavy atom. The normalized spacial score (nSPS) is 16.2. The third kappa shape index (κ3) is 3.01. The van der Waals surface area contributed by atoms with Crippen molar-refractivity contribution >= 4 is 23.6 Å². The van der Waals surface area contributed by atoms with Crippen molar-refractivity contribution < 1.29 is 13.9 Å². The van der Waals surface area contributed by atoms with Gasteiger partial charge in [-0.15, -0.1) is 11.8 Å². The fourth-order valence-electron chi connectivity index (χ4n) is 1.64. The Labute approximate surface area is 109 Å². The topological polar surface area (TPSA) is 50.7 Å². The standard InChI is InChI=1S/C12H13FN2O2S/c1-2-17-12(16)15-14-10-5-6-18-11-4-3-8(13)7-9(10)11/h3-4,7H,2,5-6H2,1H3,(H,15,16)/b14-10-. The molecule has 1 aromatic rings. The molecule has 0 atom stereocenters. The fraction of sp³-hybridized carbons (Fsp3) is 0.333. The van der Waals surface area contributed by atoms with Crippen LogP contribution in [0.15, 0.2) is 28.2 Å². The molecule has 1 heterocycles. The number of halogens is 1. The maximum atomic E-state index is 13.2. The lowest BCUT2D eigenvalue weighted by Crippen LogP contribution is -2.22. The quantitative estimate of drug-likeness (QED) is 0.839. The lowest BCUT2D eigenvalue weighted by Gasteiger charge is -2.17. The molecule has 1 aliphatic rings. The number of rotatable bonds is 2. The Morgan fingerprint density at radius 3 is 3.22 bits per heavy atom. The van der Waals surface area contributed by atoms with Gasteiger partial charge < -0.3 is 4.74 Å². The molecule has 4 nitrogen and oxygen atoms in total. The summed E-state index contributed by atoms with van der Waals surface area (Å²) in [5, 5.41) is 4.00. The predicted molar refractivity (Wildman–Crippen MR) is 68.4 cm³/mol. The molecule has 0 saturated heterocycles. The van der Waals surface area contributed by atoms with Gasteiger partial charge in [0.05, 0.1) is 12.3 Å². The number of carbonyl (C=O) groups is 1. The average Bonchev–Trinajstić information content (AvgIpc) is 2.36. The fourth-order valence-corrected chi connectivity index (χ4v) is 2.65. The first-order valence-electron chi connectivity index (χ1n) is 5.62. The first kappa shape index (κ1) is 12.9. The zero-order valence-corrected chi connectivity index (χ0v) is 10.7. The van der Waals surface area contributed by atoms with Crippen LogP contribution in [0.5, 0.6) is 0 Å². The lowest BCUT2D eigenvalue weighted by atomic mass is 10.1. The van der Waals surface area contributed by atoms with Crippen molar-refractivity contribution in [2.75, 3.05) is 12.4 Å². The van der Waals surface area contributed by atoms with Crippen molar-refractivity contribution in [2.24, 2.45) is 5.10 Å². The minimum atomic E-state index is -0.596. The second-order valence-corrected chi connectivity index (χ2v) is 4.77. The molecule has 1 N–H and O–H groups in total. The van der Waals surface area contributed by atoms with Gasteiger partial charge in [0, 0.05) is 22.6 Å². The number of hydrazone groups is 1. The molecule has 1 aliphatic heterocycles. The number of hydrogen-bond acceptors (Lipinski definition) is 4. The van der Waals surface area contributed by atoms with E-state index in [1.54, 1.807) is 24.8 Å². The van der Waals surface area contributed by atoms with Crippen LogP contribution in [-0.4, -0.2) is 24.2 Å². The Morgan fingerprint density at radius 2 is 2.44 bits per heavy atom. The summed E-state index contributed by atoms with van der Waals surface area (Å²) in [6.45, 7) is 2.01. The van der Waals surface area contributed by atoms with E-state index in [1.165, 1.54) is 12.1 Å². The van der Waals surface area contributed by atoms with Crippen LogP contribution in [0.25, 0.3) is 0 Å². The summed E-state index contributed by atoms with van der Waals surface area (Å²) < 4.78 is 17.9. The molecule has 2 rings (SSSR count). The summed E-state index contributed by atoms with van der Waals surface area (Å²) in [5.41, 5.74) is 3.72. The van der Waals surface area contributed by atoms with Crippen molar-refractivity contribution in [1.82, 2.24) is 5.43 Å². The number of amides is 1. The number of ether oxygens (including phenoxy) is 1. The largest absolute Gasteiger partial charge is 0.449 e. The molecule has 1 amide bonds. The Balaban J connectivity index is 2.18. The van der Waals surface area contributed by atoms with Crippen LogP contribution in [0.3, 0.4) is 0 Å². The highest BCUT2D eigenvalue weighted by Crippen LogP contribution is 2.30. The molecule has 0 aromatic heterocycles. The van der Waals surface area contributed by atoms with Crippen molar-refractivity contribution in [2.45, 2.75) is 18.2 Å². The summed E-state index contributed by atoms with van der Waals surface area (Å²) in [6.07, 6.45) is 0.0919. The second-order valence-electron chi connectivity index (χ2n) is 3.63. The third-order valence-corrected chi connectivity index (χ3v) is 3.48. The molecule has 1 aromatic carbocycles. The summed E-state index contributed by atoms with van der Waals surface area (Å²) in [4.78, 5) is 12.1. The summed E-state index contributed by atoms with van der Waals surface area (Å²) in [6, 6.07) is 4.59. The number of nitrogens with one attached hydrogen (secondary N) is 1. The molecule has 0 aliphatic carbocycles. The minimum Gasteiger partial charge on any atom is -0.449 e. The Bertz CT molecular complexity index is 491. The molecule has 6 heteroatoms. The van der Waals surface area contributed by atoms with Crippen LogP contribution in [-0.2, 0) is 4.74 Å². The molecular formula is C12H13FN2O2S. The van der Waals surface area contributed by atoms with Crippen LogP contribution in [0.4, 0.5) is 9.18 Å². The van der Waals surface area contributed by atoms with Crippen molar-refractivity contribution in [1.29, 1.82) is 0 Å². The van der Waals surface area contributed by atoms with E-state index in [9.17, 15) is 9.18 Å². The zero-order valence-electron chi connectivity index (χ0n) is 9.90. The summed E-state index contributed by atoms with van der Waals surface area (Å²) in [7, 11) is 0.